The van der Waals surface area contributed by atoms with Crippen molar-refractivity contribution in [3.8, 4) is 0 Å². The molecule has 0 aromatic heterocycles. The standard InChI is InChI=1S/C17H26BrFN2O2Si/c1-17(2,3)24(4,5)23-11-10-20-8-9-21(16(20)22)15-7-6-13(18)12-14(15)19/h6-7,12H,8-11H2,1-5H3. The van der Waals surface area contributed by atoms with Crippen molar-refractivity contribution < 1.29 is 13.6 Å². The van der Waals surface area contributed by atoms with Crippen LogP contribution in [0.25, 0.3) is 0 Å². The summed E-state index contributed by atoms with van der Waals surface area (Å²) >= 11 is 3.23. The number of benzene rings is 1. The maximum atomic E-state index is 14.1. The van der Waals surface area contributed by atoms with Gasteiger partial charge in [-0.2, -0.15) is 0 Å². The predicted octanol–water partition coefficient (Wildman–Crippen LogP) is 4.85. The first-order chi connectivity index (χ1) is 11.0. The van der Waals surface area contributed by atoms with E-state index in [1.165, 1.54) is 11.0 Å². The molecule has 2 rings (SSSR count). The van der Waals surface area contributed by atoms with E-state index in [1.807, 2.05) is 0 Å². The number of nitrogens with zero attached hydrogens (tertiary/aromatic N) is 2. The van der Waals surface area contributed by atoms with Crippen molar-refractivity contribution in [3.63, 3.8) is 0 Å². The number of amides is 2. The molecule has 0 radical (unpaired) electrons. The van der Waals surface area contributed by atoms with Gasteiger partial charge in [-0.1, -0.05) is 36.7 Å². The number of rotatable bonds is 5. The minimum Gasteiger partial charge on any atom is -0.415 e. The summed E-state index contributed by atoms with van der Waals surface area (Å²) in [6, 6.07) is 4.60. The Labute approximate surface area is 153 Å². The third-order valence-electron chi connectivity index (χ3n) is 4.93. The maximum absolute atomic E-state index is 14.1. The van der Waals surface area contributed by atoms with Crippen LogP contribution >= 0.6 is 15.9 Å². The first kappa shape index (κ1) is 19.4. The molecule has 0 N–H and O–H groups in total. The summed E-state index contributed by atoms with van der Waals surface area (Å²) in [6.45, 7) is 13.1. The van der Waals surface area contributed by atoms with E-state index >= 15 is 0 Å². The molecular formula is C17H26BrFN2O2Si. The molecule has 1 saturated heterocycles. The summed E-state index contributed by atoms with van der Waals surface area (Å²) in [4.78, 5) is 15.7. The van der Waals surface area contributed by atoms with Gasteiger partial charge >= 0.3 is 6.03 Å². The van der Waals surface area contributed by atoms with Crippen LogP contribution in [0.3, 0.4) is 0 Å². The first-order valence-corrected chi connectivity index (χ1v) is 11.9. The van der Waals surface area contributed by atoms with Crippen molar-refractivity contribution in [1.29, 1.82) is 0 Å². The Morgan fingerprint density at radius 3 is 2.54 bits per heavy atom. The topological polar surface area (TPSA) is 32.8 Å². The molecule has 4 nitrogen and oxygen atoms in total. The van der Waals surface area contributed by atoms with Gasteiger partial charge < -0.3 is 9.33 Å². The van der Waals surface area contributed by atoms with Crippen LogP contribution in [-0.2, 0) is 4.43 Å². The van der Waals surface area contributed by atoms with Crippen molar-refractivity contribution in [1.82, 2.24) is 4.90 Å². The lowest BCUT2D eigenvalue weighted by atomic mass is 10.2. The quantitative estimate of drug-likeness (QED) is 0.642. The Bertz CT molecular complexity index is 619. The zero-order valence-electron chi connectivity index (χ0n) is 15.0. The zero-order chi connectivity index (χ0) is 18.1. The van der Waals surface area contributed by atoms with Crippen molar-refractivity contribution in [2.75, 3.05) is 31.1 Å². The highest BCUT2D eigenvalue weighted by Gasteiger charge is 2.37. The fourth-order valence-electron chi connectivity index (χ4n) is 2.34. The molecule has 0 bridgehead atoms. The fraction of sp³-hybridized carbons (Fsp3) is 0.588. The Morgan fingerprint density at radius 1 is 1.29 bits per heavy atom. The Morgan fingerprint density at radius 2 is 1.96 bits per heavy atom. The van der Waals surface area contributed by atoms with Gasteiger partial charge in [0.1, 0.15) is 5.82 Å². The summed E-state index contributed by atoms with van der Waals surface area (Å²) in [5.74, 6) is -0.392. The maximum Gasteiger partial charge on any atom is 0.324 e. The van der Waals surface area contributed by atoms with Gasteiger partial charge in [0.25, 0.3) is 0 Å². The third kappa shape index (κ3) is 4.18. The summed E-state index contributed by atoms with van der Waals surface area (Å²) in [5.41, 5.74) is 0.330. The number of carbonyl (C=O) groups is 1. The van der Waals surface area contributed by atoms with E-state index in [2.05, 4.69) is 49.8 Å². The SMILES string of the molecule is CC(C)(C)[Si](C)(C)OCCN1CCN(c2ccc(Br)cc2F)C1=O. The molecule has 134 valence electrons. The van der Waals surface area contributed by atoms with Crippen LogP contribution in [0.5, 0.6) is 0 Å². The normalized spacial score (nSPS) is 16.2. The smallest absolute Gasteiger partial charge is 0.324 e. The van der Waals surface area contributed by atoms with Gasteiger partial charge in [-0.15, -0.1) is 0 Å². The lowest BCUT2D eigenvalue weighted by Gasteiger charge is -2.36. The highest BCUT2D eigenvalue weighted by molar-refractivity contribution is 9.10. The second kappa shape index (κ2) is 7.13. The second-order valence-electron chi connectivity index (χ2n) is 7.63. The largest absolute Gasteiger partial charge is 0.415 e. The highest BCUT2D eigenvalue weighted by Crippen LogP contribution is 2.36. The average Bonchev–Trinajstić information content (AvgIpc) is 2.79. The van der Waals surface area contributed by atoms with Gasteiger partial charge in [-0.25, -0.2) is 9.18 Å². The molecule has 1 heterocycles. The van der Waals surface area contributed by atoms with Gasteiger partial charge in [0, 0.05) is 24.1 Å². The third-order valence-corrected chi connectivity index (χ3v) is 9.96. The molecule has 0 spiro atoms. The van der Waals surface area contributed by atoms with Crippen LogP contribution in [0.1, 0.15) is 20.8 Å². The number of anilines is 1. The molecule has 7 heteroatoms. The molecular weight excluding hydrogens is 391 g/mol. The summed E-state index contributed by atoms with van der Waals surface area (Å²) < 4.78 is 20.9. The predicted molar refractivity (Wildman–Crippen MR) is 102 cm³/mol. The number of urea groups is 1. The molecule has 0 saturated carbocycles. The molecule has 24 heavy (non-hydrogen) atoms. The molecule has 0 unspecified atom stereocenters. The van der Waals surface area contributed by atoms with Crippen LogP contribution in [-0.4, -0.2) is 45.5 Å². The lowest BCUT2D eigenvalue weighted by Crippen LogP contribution is -2.43. The summed E-state index contributed by atoms with van der Waals surface area (Å²) in [5, 5.41) is 0.147. The van der Waals surface area contributed by atoms with Crippen LogP contribution < -0.4 is 4.90 Å². The molecule has 1 aliphatic heterocycles. The lowest BCUT2D eigenvalue weighted by molar-refractivity contribution is 0.200. The first-order valence-electron chi connectivity index (χ1n) is 8.18. The van der Waals surface area contributed by atoms with Gasteiger partial charge in [-0.3, -0.25) is 4.90 Å². The Balaban J connectivity index is 1.95. The second-order valence-corrected chi connectivity index (χ2v) is 13.4. The molecule has 1 aliphatic rings. The van der Waals surface area contributed by atoms with Crippen LogP contribution in [0.4, 0.5) is 14.9 Å². The number of hydrogen-bond acceptors (Lipinski definition) is 2. The number of carbonyl (C=O) groups excluding carboxylic acids is 1. The van der Waals surface area contributed by atoms with E-state index in [-0.39, 0.29) is 11.1 Å². The van der Waals surface area contributed by atoms with E-state index in [4.69, 9.17) is 4.43 Å². The zero-order valence-corrected chi connectivity index (χ0v) is 17.6. The van der Waals surface area contributed by atoms with Crippen molar-refractivity contribution >= 4 is 36.0 Å². The highest BCUT2D eigenvalue weighted by atomic mass is 79.9. The van der Waals surface area contributed by atoms with E-state index in [1.54, 1.807) is 17.0 Å². The Hall–Kier alpha value is -0.923. The van der Waals surface area contributed by atoms with Gasteiger partial charge in [0.2, 0.25) is 0 Å². The van der Waals surface area contributed by atoms with E-state index < -0.39 is 14.1 Å². The van der Waals surface area contributed by atoms with Crippen molar-refractivity contribution in [3.05, 3.63) is 28.5 Å². The van der Waals surface area contributed by atoms with E-state index in [0.717, 1.165) is 0 Å². The fourth-order valence-corrected chi connectivity index (χ4v) is 3.71. The average molecular weight is 417 g/mol. The molecule has 1 aromatic rings. The summed E-state index contributed by atoms with van der Waals surface area (Å²) in [6.07, 6.45) is 0. The minimum absolute atomic E-state index is 0.147. The molecule has 2 amide bonds. The van der Waals surface area contributed by atoms with Gasteiger partial charge in [-0.05, 0) is 36.3 Å². The Kier molecular flexibility index (Phi) is 5.77. The van der Waals surface area contributed by atoms with Crippen molar-refractivity contribution in [2.24, 2.45) is 0 Å². The van der Waals surface area contributed by atoms with Crippen LogP contribution in [0, 0.1) is 5.82 Å². The molecule has 0 aliphatic carbocycles. The summed E-state index contributed by atoms with van der Waals surface area (Å²) in [7, 11) is -1.81. The minimum atomic E-state index is -1.81. The van der Waals surface area contributed by atoms with Gasteiger partial charge in [0.05, 0.1) is 12.3 Å². The monoisotopic (exact) mass is 416 g/mol. The van der Waals surface area contributed by atoms with E-state index in [0.29, 0.717) is 36.4 Å². The number of halogens is 2. The van der Waals surface area contributed by atoms with Crippen molar-refractivity contribution in [2.45, 2.75) is 38.9 Å². The molecule has 1 fully saturated rings. The van der Waals surface area contributed by atoms with Crippen LogP contribution in [0.15, 0.2) is 22.7 Å². The van der Waals surface area contributed by atoms with E-state index in [9.17, 15) is 9.18 Å². The number of hydrogen-bond donors (Lipinski definition) is 0. The molecule has 0 atom stereocenters. The molecule has 1 aromatic carbocycles. The van der Waals surface area contributed by atoms with Crippen LogP contribution in [0.2, 0.25) is 18.1 Å². The van der Waals surface area contributed by atoms with Gasteiger partial charge in [0.15, 0.2) is 8.32 Å².